The summed E-state index contributed by atoms with van der Waals surface area (Å²) in [5, 5.41) is 12.8. The molecule has 6 heteroatoms. The van der Waals surface area contributed by atoms with Crippen LogP contribution in [0.2, 0.25) is 0 Å². The van der Waals surface area contributed by atoms with E-state index in [0.717, 1.165) is 16.7 Å². The number of nitrogens with one attached hydrogen (secondary N) is 1. The van der Waals surface area contributed by atoms with Crippen molar-refractivity contribution < 1.29 is 13.6 Å². The van der Waals surface area contributed by atoms with Crippen LogP contribution in [-0.4, -0.2) is 16.1 Å². The molecule has 0 aliphatic carbocycles. The van der Waals surface area contributed by atoms with E-state index in [4.69, 9.17) is 8.83 Å². The lowest BCUT2D eigenvalue weighted by Gasteiger charge is -2.09. The minimum Gasteiger partial charge on any atom is -0.459 e. The molecule has 6 nitrogen and oxygen atoms in total. The van der Waals surface area contributed by atoms with Gasteiger partial charge in [-0.3, -0.25) is 10.1 Å². The molecule has 0 spiro atoms. The van der Waals surface area contributed by atoms with E-state index in [1.807, 2.05) is 18.2 Å². The van der Waals surface area contributed by atoms with E-state index in [-0.39, 0.29) is 17.8 Å². The van der Waals surface area contributed by atoms with Crippen LogP contribution in [0.3, 0.4) is 0 Å². The lowest BCUT2D eigenvalue weighted by Crippen LogP contribution is -2.12. The van der Waals surface area contributed by atoms with E-state index in [9.17, 15) is 4.79 Å². The number of fused-ring (bicyclic) bond motifs is 1. The Morgan fingerprint density at radius 3 is 2.37 bits per heavy atom. The largest absolute Gasteiger partial charge is 0.459 e. The molecule has 2 aromatic heterocycles. The number of carbonyl (C=O) groups is 1. The number of hydrogen-bond donors (Lipinski definition) is 1. The Labute approximate surface area is 200 Å². The quantitative estimate of drug-likeness (QED) is 0.299. The minimum absolute atomic E-state index is 0.00578. The lowest BCUT2D eigenvalue weighted by molar-refractivity contribution is 0.102. The zero-order chi connectivity index (χ0) is 23.6. The summed E-state index contributed by atoms with van der Waals surface area (Å²) in [5.41, 5.74) is 4.77. The SMILES string of the molecule is O=C(Nc1nnc(-c2ccco2)o1)c1cccc(-c2ccc(-c3cccc4ccccc34)cc2)c1. The predicted molar refractivity (Wildman–Crippen MR) is 135 cm³/mol. The van der Waals surface area contributed by atoms with Crippen molar-refractivity contribution in [3.63, 3.8) is 0 Å². The Morgan fingerprint density at radius 2 is 1.51 bits per heavy atom. The molecule has 2 heterocycles. The van der Waals surface area contributed by atoms with Crippen LogP contribution in [0.5, 0.6) is 0 Å². The van der Waals surface area contributed by atoms with Crippen LogP contribution in [0.15, 0.2) is 118 Å². The van der Waals surface area contributed by atoms with E-state index in [0.29, 0.717) is 11.3 Å². The fourth-order valence-electron chi connectivity index (χ4n) is 4.10. The first kappa shape index (κ1) is 20.6. The Morgan fingerprint density at radius 1 is 0.714 bits per heavy atom. The molecule has 35 heavy (non-hydrogen) atoms. The van der Waals surface area contributed by atoms with Crippen molar-refractivity contribution in [2.45, 2.75) is 0 Å². The minimum atomic E-state index is -0.339. The highest BCUT2D eigenvalue weighted by molar-refractivity contribution is 6.04. The van der Waals surface area contributed by atoms with Crippen LogP contribution in [0, 0.1) is 0 Å². The van der Waals surface area contributed by atoms with Crippen molar-refractivity contribution in [3.05, 3.63) is 115 Å². The molecule has 0 fully saturated rings. The van der Waals surface area contributed by atoms with Gasteiger partial charge in [-0.1, -0.05) is 84.0 Å². The first-order valence-corrected chi connectivity index (χ1v) is 11.1. The molecular formula is C29H19N3O3. The van der Waals surface area contributed by atoms with Gasteiger partial charge in [0.2, 0.25) is 0 Å². The normalized spacial score (nSPS) is 11.0. The molecule has 0 saturated heterocycles. The standard InChI is InChI=1S/C29H19N3O3/c33-27(30-29-32-31-28(35-29)26-12-5-17-34-26)23-9-3-8-22(18-23)19-13-15-21(16-14-19)25-11-4-7-20-6-1-2-10-24(20)25/h1-18H,(H,30,32,33). The first-order valence-electron chi connectivity index (χ1n) is 11.1. The van der Waals surface area contributed by atoms with Crippen LogP contribution >= 0.6 is 0 Å². The number of hydrogen-bond acceptors (Lipinski definition) is 5. The number of rotatable bonds is 5. The van der Waals surface area contributed by atoms with E-state index in [1.54, 1.807) is 18.2 Å². The maximum atomic E-state index is 12.8. The van der Waals surface area contributed by atoms with Crippen LogP contribution < -0.4 is 5.32 Å². The molecule has 0 unspecified atom stereocenters. The van der Waals surface area contributed by atoms with Gasteiger partial charge >= 0.3 is 6.01 Å². The first-order chi connectivity index (χ1) is 17.2. The van der Waals surface area contributed by atoms with Gasteiger partial charge in [-0.15, -0.1) is 5.10 Å². The van der Waals surface area contributed by atoms with Gasteiger partial charge < -0.3 is 8.83 Å². The zero-order valence-electron chi connectivity index (χ0n) is 18.5. The zero-order valence-corrected chi connectivity index (χ0v) is 18.5. The molecule has 0 aliphatic rings. The molecule has 6 aromatic rings. The van der Waals surface area contributed by atoms with Crippen molar-refractivity contribution in [3.8, 4) is 33.9 Å². The number of amides is 1. The Bertz CT molecular complexity index is 1630. The van der Waals surface area contributed by atoms with Gasteiger partial charge in [-0.2, -0.15) is 0 Å². The lowest BCUT2D eigenvalue weighted by atomic mass is 9.96. The van der Waals surface area contributed by atoms with Gasteiger partial charge in [0.25, 0.3) is 11.8 Å². The summed E-state index contributed by atoms with van der Waals surface area (Å²) in [6.45, 7) is 0. The number of anilines is 1. The van der Waals surface area contributed by atoms with Gasteiger partial charge in [0.15, 0.2) is 5.76 Å². The second-order valence-electron chi connectivity index (χ2n) is 8.03. The average molecular weight is 457 g/mol. The number of aromatic nitrogens is 2. The summed E-state index contributed by atoms with van der Waals surface area (Å²) in [6, 6.07) is 33.9. The van der Waals surface area contributed by atoms with E-state index in [2.05, 4.69) is 82.2 Å². The average Bonchev–Trinajstić information content (AvgIpc) is 3.61. The topological polar surface area (TPSA) is 81.2 Å². The highest BCUT2D eigenvalue weighted by Gasteiger charge is 2.15. The third-order valence-corrected chi connectivity index (χ3v) is 5.82. The van der Waals surface area contributed by atoms with Crippen LogP contribution in [0.4, 0.5) is 6.01 Å². The maximum absolute atomic E-state index is 12.8. The van der Waals surface area contributed by atoms with Gasteiger partial charge in [-0.25, -0.2) is 0 Å². The fraction of sp³-hybridized carbons (Fsp3) is 0. The van der Waals surface area contributed by atoms with Crippen molar-refractivity contribution in [1.29, 1.82) is 0 Å². The molecule has 1 amide bonds. The highest BCUT2D eigenvalue weighted by atomic mass is 16.4. The summed E-state index contributed by atoms with van der Waals surface area (Å²) in [7, 11) is 0. The fourth-order valence-corrected chi connectivity index (χ4v) is 4.10. The Hall–Kier alpha value is -4.97. The van der Waals surface area contributed by atoms with E-state index >= 15 is 0 Å². The van der Waals surface area contributed by atoms with Gasteiger partial charge in [-0.05, 0) is 57.3 Å². The summed E-state index contributed by atoms with van der Waals surface area (Å²) in [6.07, 6.45) is 1.51. The molecule has 4 aromatic carbocycles. The van der Waals surface area contributed by atoms with Crippen LogP contribution in [0.25, 0.3) is 44.7 Å². The van der Waals surface area contributed by atoms with Gasteiger partial charge in [0.05, 0.1) is 6.26 Å². The number of nitrogens with zero attached hydrogens (tertiary/aromatic N) is 2. The summed E-state index contributed by atoms with van der Waals surface area (Å²) < 4.78 is 10.7. The Kier molecular flexibility index (Phi) is 5.16. The molecule has 0 radical (unpaired) electrons. The molecule has 0 atom stereocenters. The Balaban J connectivity index is 1.23. The van der Waals surface area contributed by atoms with Crippen LogP contribution in [0.1, 0.15) is 10.4 Å². The molecular weight excluding hydrogens is 438 g/mol. The number of carbonyl (C=O) groups excluding carboxylic acids is 1. The highest BCUT2D eigenvalue weighted by Crippen LogP contribution is 2.31. The van der Waals surface area contributed by atoms with Crippen molar-refractivity contribution in [2.24, 2.45) is 0 Å². The molecule has 0 saturated carbocycles. The second-order valence-corrected chi connectivity index (χ2v) is 8.03. The van der Waals surface area contributed by atoms with Gasteiger partial charge in [0.1, 0.15) is 0 Å². The summed E-state index contributed by atoms with van der Waals surface area (Å²) in [5.74, 6) is 0.297. The van der Waals surface area contributed by atoms with Crippen molar-refractivity contribution >= 4 is 22.7 Å². The molecule has 6 rings (SSSR count). The second kappa shape index (κ2) is 8.76. The molecule has 168 valence electrons. The monoisotopic (exact) mass is 457 g/mol. The third-order valence-electron chi connectivity index (χ3n) is 5.82. The summed E-state index contributed by atoms with van der Waals surface area (Å²) >= 11 is 0. The smallest absolute Gasteiger partial charge is 0.322 e. The molecule has 1 N–H and O–H groups in total. The van der Waals surface area contributed by atoms with E-state index < -0.39 is 0 Å². The predicted octanol–water partition coefficient (Wildman–Crippen LogP) is 7.07. The summed E-state index contributed by atoms with van der Waals surface area (Å²) in [4.78, 5) is 12.8. The third kappa shape index (κ3) is 4.09. The van der Waals surface area contributed by atoms with Crippen LogP contribution in [-0.2, 0) is 0 Å². The van der Waals surface area contributed by atoms with Gasteiger partial charge in [0, 0.05) is 5.56 Å². The number of benzene rings is 4. The number of furan rings is 1. The van der Waals surface area contributed by atoms with Crippen molar-refractivity contribution in [2.75, 3.05) is 5.32 Å². The molecule has 0 bridgehead atoms. The molecule has 0 aliphatic heterocycles. The van der Waals surface area contributed by atoms with E-state index in [1.165, 1.54) is 22.6 Å². The van der Waals surface area contributed by atoms with Crippen molar-refractivity contribution in [1.82, 2.24) is 10.2 Å². The maximum Gasteiger partial charge on any atom is 0.322 e.